The maximum atomic E-state index is 13.8. The number of carbonyl (C=O) groups excluding carboxylic acids is 2. The van der Waals surface area contributed by atoms with Crippen molar-refractivity contribution in [1.82, 2.24) is 4.90 Å². The van der Waals surface area contributed by atoms with Crippen molar-refractivity contribution in [3.63, 3.8) is 0 Å². The average molecular weight is 530 g/mol. The number of anilines is 3. The Morgan fingerprint density at radius 1 is 1.00 bits per heavy atom. The zero-order valence-electron chi connectivity index (χ0n) is 20.8. The van der Waals surface area contributed by atoms with Crippen molar-refractivity contribution in [3.8, 4) is 0 Å². The summed E-state index contributed by atoms with van der Waals surface area (Å²) in [4.78, 5) is 36.0. The second-order valence-corrected chi connectivity index (χ2v) is 10.6. The minimum atomic E-state index is -0.136. The molecule has 1 fully saturated rings. The molecular formula is C28H27N5O2S2. The summed E-state index contributed by atoms with van der Waals surface area (Å²) in [5.41, 5.74) is 4.29. The highest BCUT2D eigenvalue weighted by atomic mass is 32.2. The second-order valence-electron chi connectivity index (χ2n) is 8.58. The monoisotopic (exact) mass is 529 g/mol. The number of amidine groups is 1. The number of carbonyl (C=O) groups is 2. The van der Waals surface area contributed by atoms with Crippen LogP contribution in [0.5, 0.6) is 0 Å². The summed E-state index contributed by atoms with van der Waals surface area (Å²) in [5, 5.41) is 7.67. The van der Waals surface area contributed by atoms with Gasteiger partial charge >= 0.3 is 0 Å². The molecule has 9 heteroatoms. The van der Waals surface area contributed by atoms with Crippen LogP contribution in [0.1, 0.15) is 19.4 Å². The number of hydrogen-bond donors (Lipinski definition) is 2. The smallest absolute Gasteiger partial charge is 0.269 e. The van der Waals surface area contributed by atoms with Crippen LogP contribution in [0.3, 0.4) is 0 Å². The van der Waals surface area contributed by atoms with Crippen LogP contribution in [0.2, 0.25) is 0 Å². The lowest BCUT2D eigenvalue weighted by Gasteiger charge is -2.17. The topological polar surface area (TPSA) is 77.0 Å². The van der Waals surface area contributed by atoms with Gasteiger partial charge in [0.2, 0.25) is 5.91 Å². The van der Waals surface area contributed by atoms with Gasteiger partial charge in [-0.1, -0.05) is 54.2 Å². The molecule has 0 saturated carbocycles. The lowest BCUT2D eigenvalue weighted by atomic mass is 10.2. The van der Waals surface area contributed by atoms with E-state index in [4.69, 9.17) is 4.99 Å². The first-order valence-electron chi connectivity index (χ1n) is 12.0. The Hall–Kier alpha value is -3.69. The van der Waals surface area contributed by atoms with Crippen LogP contribution in [-0.2, 0) is 16.1 Å². The van der Waals surface area contributed by atoms with E-state index in [1.54, 1.807) is 16.7 Å². The molecule has 0 atom stereocenters. The lowest BCUT2D eigenvalue weighted by Crippen LogP contribution is -2.29. The Labute approximate surface area is 225 Å². The summed E-state index contributed by atoms with van der Waals surface area (Å²) in [5.74, 6) is -0.197. The Kier molecular flexibility index (Phi) is 7.25. The summed E-state index contributed by atoms with van der Waals surface area (Å²) < 4.78 is 0. The number of nitrogens with zero attached hydrogens (tertiary/aromatic N) is 3. The minimum Gasteiger partial charge on any atom is -0.384 e. The largest absolute Gasteiger partial charge is 0.384 e. The van der Waals surface area contributed by atoms with Gasteiger partial charge in [0.15, 0.2) is 5.17 Å². The Morgan fingerprint density at radius 2 is 1.76 bits per heavy atom. The van der Waals surface area contributed by atoms with Crippen LogP contribution < -0.4 is 15.5 Å². The van der Waals surface area contributed by atoms with E-state index in [9.17, 15) is 9.59 Å². The number of hydrogen-bond acceptors (Lipinski definition) is 7. The summed E-state index contributed by atoms with van der Waals surface area (Å²) in [7, 11) is 2.00. The number of para-hydroxylation sites is 1. The van der Waals surface area contributed by atoms with Crippen LogP contribution in [0.15, 0.2) is 92.6 Å². The van der Waals surface area contributed by atoms with E-state index in [2.05, 4.69) is 27.7 Å². The number of nitrogens with one attached hydrogen (secondary N) is 2. The normalized spacial score (nSPS) is 17.9. The highest BCUT2D eigenvalue weighted by Gasteiger charge is 2.39. The molecule has 2 aliphatic heterocycles. The molecule has 0 spiro atoms. The third kappa shape index (κ3) is 5.23. The van der Waals surface area contributed by atoms with Gasteiger partial charge in [-0.25, -0.2) is 4.99 Å². The fourth-order valence-corrected chi connectivity index (χ4v) is 6.51. The number of amides is 2. The van der Waals surface area contributed by atoms with Crippen LogP contribution in [-0.4, -0.2) is 35.5 Å². The Bertz CT molecular complexity index is 1420. The maximum absolute atomic E-state index is 13.8. The average Bonchev–Trinajstić information content (AvgIpc) is 3.37. The standard InChI is InChI=1S/C28H27N5O2S2/c1-4-29-22-16-20(30-18(2)34)14-15-21(22)31-28-33(17-19-10-6-5-7-11-19)26(35)25(37-28)27-32(3)23-12-8-9-13-24(23)36-27/h5-16,29H,4,17H2,1-3H3,(H,30,34). The van der Waals surface area contributed by atoms with E-state index in [0.717, 1.165) is 26.9 Å². The van der Waals surface area contributed by atoms with Crippen LogP contribution >= 0.6 is 23.5 Å². The molecule has 3 aromatic carbocycles. The van der Waals surface area contributed by atoms with E-state index < -0.39 is 0 Å². The van der Waals surface area contributed by atoms with E-state index in [1.165, 1.54) is 18.7 Å². The third-order valence-electron chi connectivity index (χ3n) is 5.88. The van der Waals surface area contributed by atoms with Gasteiger partial charge in [0.05, 0.1) is 28.6 Å². The third-order valence-corrected chi connectivity index (χ3v) is 8.31. The molecule has 2 heterocycles. The quantitative estimate of drug-likeness (QED) is 0.368. The molecule has 1 saturated heterocycles. The maximum Gasteiger partial charge on any atom is 0.269 e. The second kappa shape index (κ2) is 10.7. The molecule has 0 aliphatic carbocycles. The molecule has 2 amide bonds. The minimum absolute atomic E-state index is 0.0605. The van der Waals surface area contributed by atoms with Crippen molar-refractivity contribution < 1.29 is 9.59 Å². The Morgan fingerprint density at radius 3 is 2.49 bits per heavy atom. The van der Waals surface area contributed by atoms with Gasteiger partial charge in [-0.2, -0.15) is 0 Å². The molecule has 2 N–H and O–H groups in total. The van der Waals surface area contributed by atoms with E-state index in [1.807, 2.05) is 74.6 Å². The number of aliphatic imine (C=N–C) groups is 1. The molecule has 7 nitrogen and oxygen atoms in total. The number of fused-ring (bicyclic) bond motifs is 1. The summed E-state index contributed by atoms with van der Waals surface area (Å²) >= 11 is 3.01. The first-order chi connectivity index (χ1) is 17.9. The number of rotatable bonds is 6. The molecule has 0 radical (unpaired) electrons. The van der Waals surface area contributed by atoms with Crippen molar-refractivity contribution >= 4 is 63.3 Å². The predicted octanol–water partition coefficient (Wildman–Crippen LogP) is 6.25. The molecule has 0 unspecified atom stereocenters. The summed E-state index contributed by atoms with van der Waals surface area (Å²) in [6, 6.07) is 23.6. The zero-order chi connectivity index (χ0) is 25.9. The highest BCUT2D eigenvalue weighted by Crippen LogP contribution is 2.50. The summed E-state index contributed by atoms with van der Waals surface area (Å²) in [6.45, 7) is 4.60. The van der Waals surface area contributed by atoms with Gasteiger partial charge in [0, 0.05) is 31.1 Å². The van der Waals surface area contributed by atoms with Gasteiger partial charge in [0.25, 0.3) is 5.91 Å². The molecule has 0 aromatic heterocycles. The van der Waals surface area contributed by atoms with E-state index in [0.29, 0.717) is 34.5 Å². The van der Waals surface area contributed by atoms with Gasteiger partial charge in [-0.15, -0.1) is 0 Å². The first-order valence-corrected chi connectivity index (χ1v) is 13.6. The molecule has 5 rings (SSSR count). The van der Waals surface area contributed by atoms with E-state index >= 15 is 0 Å². The van der Waals surface area contributed by atoms with E-state index in [-0.39, 0.29) is 11.8 Å². The SMILES string of the molecule is CCNc1cc(NC(C)=O)ccc1N=C1SC(=C2Sc3ccccc3N2C)C(=O)N1Cc1ccccc1. The fourth-order valence-electron chi connectivity index (χ4n) is 4.17. The zero-order valence-corrected chi connectivity index (χ0v) is 22.5. The molecule has 3 aromatic rings. The highest BCUT2D eigenvalue weighted by molar-refractivity contribution is 8.19. The summed E-state index contributed by atoms with van der Waals surface area (Å²) in [6.07, 6.45) is 0. The van der Waals surface area contributed by atoms with Crippen LogP contribution in [0.25, 0.3) is 0 Å². The van der Waals surface area contributed by atoms with Crippen LogP contribution in [0, 0.1) is 0 Å². The van der Waals surface area contributed by atoms with Gasteiger partial charge < -0.3 is 15.5 Å². The van der Waals surface area contributed by atoms with Crippen molar-refractivity contribution in [2.75, 3.05) is 29.1 Å². The molecule has 0 bridgehead atoms. The van der Waals surface area contributed by atoms with Gasteiger partial charge in [-0.05, 0) is 54.6 Å². The predicted molar refractivity (Wildman–Crippen MR) is 154 cm³/mol. The molecule has 188 valence electrons. The van der Waals surface area contributed by atoms with Crippen LogP contribution in [0.4, 0.5) is 22.7 Å². The van der Waals surface area contributed by atoms with Gasteiger partial charge in [0.1, 0.15) is 4.91 Å². The van der Waals surface area contributed by atoms with Crippen molar-refractivity contribution in [2.24, 2.45) is 4.99 Å². The van der Waals surface area contributed by atoms with Crippen molar-refractivity contribution in [1.29, 1.82) is 0 Å². The lowest BCUT2D eigenvalue weighted by molar-refractivity contribution is -0.122. The van der Waals surface area contributed by atoms with Gasteiger partial charge in [-0.3, -0.25) is 14.5 Å². The molecule has 37 heavy (non-hydrogen) atoms. The number of thioether (sulfide) groups is 2. The molecule has 2 aliphatic rings. The first kappa shape index (κ1) is 25.0. The molecular weight excluding hydrogens is 502 g/mol. The van der Waals surface area contributed by atoms with Crippen molar-refractivity contribution in [3.05, 3.63) is 88.3 Å². The Balaban J connectivity index is 1.56. The number of benzene rings is 3. The van der Waals surface area contributed by atoms with Crippen molar-refractivity contribution in [2.45, 2.75) is 25.3 Å². The fraction of sp³-hybridized carbons (Fsp3) is 0.179.